The predicted octanol–water partition coefficient (Wildman–Crippen LogP) is 3.92. The van der Waals surface area contributed by atoms with E-state index in [4.69, 9.17) is 9.47 Å². The number of thioether (sulfide) groups is 1. The molecule has 1 aliphatic heterocycles. The Morgan fingerprint density at radius 3 is 2.78 bits per heavy atom. The minimum atomic E-state index is -0.293. The minimum absolute atomic E-state index is 0.260. The molecule has 0 aliphatic carbocycles. The van der Waals surface area contributed by atoms with E-state index in [0.29, 0.717) is 23.9 Å². The van der Waals surface area contributed by atoms with Crippen molar-refractivity contribution in [3.8, 4) is 5.75 Å². The zero-order valence-electron chi connectivity index (χ0n) is 13.0. The van der Waals surface area contributed by atoms with Crippen molar-refractivity contribution in [3.63, 3.8) is 0 Å². The van der Waals surface area contributed by atoms with Gasteiger partial charge in [-0.15, -0.1) is 0 Å². The number of benzene rings is 1. The summed E-state index contributed by atoms with van der Waals surface area (Å²) in [4.78, 5) is 25.9. The molecule has 0 atom stereocenters. The molecule has 1 saturated heterocycles. The summed E-state index contributed by atoms with van der Waals surface area (Å²) in [5.41, 5.74) is 0.769. The van der Waals surface area contributed by atoms with Crippen LogP contribution in [0.5, 0.6) is 5.75 Å². The lowest BCUT2D eigenvalue weighted by molar-refractivity contribution is -0.123. The van der Waals surface area contributed by atoms with E-state index in [0.717, 1.165) is 28.2 Å². The number of amides is 2. The van der Waals surface area contributed by atoms with Gasteiger partial charge in [-0.05, 0) is 42.5 Å². The largest absolute Gasteiger partial charge is 0.493 e. The van der Waals surface area contributed by atoms with Crippen molar-refractivity contribution in [2.45, 2.75) is 13.3 Å². The van der Waals surface area contributed by atoms with Crippen LogP contribution in [0.3, 0.4) is 0 Å². The number of methoxy groups -OCH3 is 1. The molecule has 0 aromatic heterocycles. The lowest BCUT2D eigenvalue weighted by atomic mass is 10.2. The first kappa shape index (κ1) is 18.0. The fraction of sp³-hybridized carbons (Fsp3) is 0.375. The van der Waals surface area contributed by atoms with Crippen molar-refractivity contribution in [3.05, 3.63) is 33.1 Å². The van der Waals surface area contributed by atoms with Gasteiger partial charge < -0.3 is 9.47 Å². The van der Waals surface area contributed by atoms with Gasteiger partial charge in [-0.25, -0.2) is 0 Å². The second kappa shape index (κ2) is 8.52. The molecule has 0 unspecified atom stereocenters. The van der Waals surface area contributed by atoms with Gasteiger partial charge in [-0.3, -0.25) is 14.5 Å². The molecule has 5 nitrogen and oxygen atoms in total. The van der Waals surface area contributed by atoms with E-state index in [1.165, 1.54) is 12.0 Å². The average Bonchev–Trinajstić information content (AvgIpc) is 2.79. The van der Waals surface area contributed by atoms with Crippen molar-refractivity contribution in [1.29, 1.82) is 0 Å². The monoisotopic (exact) mass is 399 g/mol. The van der Waals surface area contributed by atoms with Crippen LogP contribution in [0.1, 0.15) is 18.9 Å². The first-order valence-corrected chi connectivity index (χ1v) is 8.84. The summed E-state index contributed by atoms with van der Waals surface area (Å²) < 4.78 is 11.5. The number of rotatable bonds is 7. The van der Waals surface area contributed by atoms with E-state index in [-0.39, 0.29) is 17.7 Å². The maximum atomic E-state index is 12.3. The normalized spacial score (nSPS) is 16.5. The Bertz CT molecular complexity index is 633. The van der Waals surface area contributed by atoms with Crippen LogP contribution in [0.2, 0.25) is 0 Å². The van der Waals surface area contributed by atoms with E-state index in [1.54, 1.807) is 6.08 Å². The van der Waals surface area contributed by atoms with Crippen LogP contribution in [-0.4, -0.2) is 42.9 Å². The van der Waals surface area contributed by atoms with E-state index in [9.17, 15) is 9.59 Å². The highest BCUT2D eigenvalue weighted by Crippen LogP contribution is 2.34. The molecule has 2 rings (SSSR count). The number of ether oxygens (including phenoxy) is 2. The van der Waals surface area contributed by atoms with Gasteiger partial charge in [0.1, 0.15) is 5.75 Å². The Labute approximate surface area is 148 Å². The summed E-state index contributed by atoms with van der Waals surface area (Å²) in [6, 6.07) is 5.60. The molecule has 7 heteroatoms. The number of nitrogens with zero attached hydrogens (tertiary/aromatic N) is 1. The molecule has 1 aliphatic rings. The Morgan fingerprint density at radius 1 is 1.30 bits per heavy atom. The lowest BCUT2D eigenvalue weighted by Crippen LogP contribution is -2.31. The highest BCUT2D eigenvalue weighted by atomic mass is 79.9. The van der Waals surface area contributed by atoms with Crippen molar-refractivity contribution < 1.29 is 19.1 Å². The third-order valence-electron chi connectivity index (χ3n) is 3.11. The maximum Gasteiger partial charge on any atom is 0.293 e. The first-order chi connectivity index (χ1) is 11.1. The Morgan fingerprint density at radius 2 is 2.09 bits per heavy atom. The predicted molar refractivity (Wildman–Crippen MR) is 94.5 cm³/mol. The van der Waals surface area contributed by atoms with Crippen molar-refractivity contribution in [2.24, 2.45) is 0 Å². The fourth-order valence-electron chi connectivity index (χ4n) is 1.99. The van der Waals surface area contributed by atoms with Crippen LogP contribution in [0.4, 0.5) is 4.79 Å². The molecular weight excluding hydrogens is 382 g/mol. The molecule has 124 valence electrons. The van der Waals surface area contributed by atoms with Crippen LogP contribution in [0.25, 0.3) is 6.08 Å². The standard InChI is InChI=1S/C16H18BrNO4S/c1-3-7-22-13-5-4-12(17)9-11(13)10-14-15(19)18(6-8-21-2)16(20)23-14/h4-5,9-10H,3,6-8H2,1-2H3/b14-10+. The number of carbonyl (C=O) groups excluding carboxylic acids is 2. The third kappa shape index (κ3) is 4.59. The molecular formula is C16H18BrNO4S. The molecule has 1 aromatic carbocycles. The van der Waals surface area contributed by atoms with Crippen molar-refractivity contribution in [2.75, 3.05) is 26.9 Å². The molecule has 0 N–H and O–H groups in total. The van der Waals surface area contributed by atoms with Gasteiger partial charge in [0.25, 0.3) is 11.1 Å². The van der Waals surface area contributed by atoms with Crippen LogP contribution >= 0.6 is 27.7 Å². The summed E-state index contributed by atoms with van der Waals surface area (Å²) in [5, 5.41) is -0.274. The van der Waals surface area contributed by atoms with Gasteiger partial charge in [0, 0.05) is 17.1 Å². The molecule has 0 spiro atoms. The highest BCUT2D eigenvalue weighted by Gasteiger charge is 2.34. The molecule has 23 heavy (non-hydrogen) atoms. The number of halogens is 1. The quantitative estimate of drug-likeness (QED) is 0.650. The molecule has 0 bridgehead atoms. The summed E-state index contributed by atoms with van der Waals surface area (Å²) in [5.74, 6) is 0.400. The molecule has 2 amide bonds. The molecule has 0 saturated carbocycles. The SMILES string of the molecule is CCCOc1ccc(Br)cc1/C=C1/SC(=O)N(CCOC)C1=O. The van der Waals surface area contributed by atoms with Crippen LogP contribution in [0.15, 0.2) is 27.6 Å². The van der Waals surface area contributed by atoms with Crippen LogP contribution in [-0.2, 0) is 9.53 Å². The van der Waals surface area contributed by atoms with Crippen LogP contribution < -0.4 is 4.74 Å². The Hall–Kier alpha value is -1.31. The summed E-state index contributed by atoms with van der Waals surface area (Å²) in [6.45, 7) is 3.21. The van der Waals surface area contributed by atoms with Gasteiger partial charge in [-0.1, -0.05) is 22.9 Å². The summed E-state index contributed by atoms with van der Waals surface area (Å²) in [6.07, 6.45) is 2.59. The topological polar surface area (TPSA) is 55.8 Å². The summed E-state index contributed by atoms with van der Waals surface area (Å²) in [7, 11) is 1.54. The fourth-order valence-corrected chi connectivity index (χ4v) is 3.23. The third-order valence-corrected chi connectivity index (χ3v) is 4.51. The second-order valence-corrected chi connectivity index (χ2v) is 6.77. The van der Waals surface area contributed by atoms with Gasteiger partial charge in [0.15, 0.2) is 0 Å². The average molecular weight is 400 g/mol. The van der Waals surface area contributed by atoms with E-state index >= 15 is 0 Å². The summed E-state index contributed by atoms with van der Waals surface area (Å²) >= 11 is 4.35. The highest BCUT2D eigenvalue weighted by molar-refractivity contribution is 9.10. The van der Waals surface area contributed by atoms with Crippen molar-refractivity contribution >= 4 is 44.9 Å². The zero-order chi connectivity index (χ0) is 16.8. The second-order valence-electron chi connectivity index (χ2n) is 4.86. The number of hydrogen-bond acceptors (Lipinski definition) is 5. The van der Waals surface area contributed by atoms with Gasteiger partial charge in [0.2, 0.25) is 0 Å². The Kier molecular flexibility index (Phi) is 6.68. The van der Waals surface area contributed by atoms with Gasteiger partial charge in [0.05, 0.1) is 24.7 Å². The van der Waals surface area contributed by atoms with E-state index < -0.39 is 0 Å². The minimum Gasteiger partial charge on any atom is -0.493 e. The number of carbonyl (C=O) groups is 2. The molecule has 0 radical (unpaired) electrons. The van der Waals surface area contributed by atoms with E-state index in [1.807, 2.05) is 25.1 Å². The maximum absolute atomic E-state index is 12.3. The van der Waals surface area contributed by atoms with Gasteiger partial charge in [-0.2, -0.15) is 0 Å². The Balaban J connectivity index is 2.26. The molecule has 1 fully saturated rings. The zero-order valence-corrected chi connectivity index (χ0v) is 15.4. The number of imide groups is 1. The van der Waals surface area contributed by atoms with Crippen molar-refractivity contribution in [1.82, 2.24) is 4.90 Å². The lowest BCUT2D eigenvalue weighted by Gasteiger charge is -2.11. The smallest absolute Gasteiger partial charge is 0.293 e. The van der Waals surface area contributed by atoms with E-state index in [2.05, 4.69) is 15.9 Å². The first-order valence-electron chi connectivity index (χ1n) is 7.23. The van der Waals surface area contributed by atoms with Gasteiger partial charge >= 0.3 is 0 Å². The molecule has 1 aromatic rings. The number of hydrogen-bond donors (Lipinski definition) is 0. The van der Waals surface area contributed by atoms with Crippen LogP contribution in [0, 0.1) is 0 Å². The molecule has 1 heterocycles.